The molecule has 0 aliphatic carbocycles. The number of sulfonamides is 1. The fourth-order valence-electron chi connectivity index (χ4n) is 3.16. The van der Waals surface area contributed by atoms with Gasteiger partial charge in [-0.25, -0.2) is 8.42 Å². The lowest BCUT2D eigenvalue weighted by molar-refractivity contribution is 0.356. The van der Waals surface area contributed by atoms with Gasteiger partial charge in [0.1, 0.15) is 11.5 Å². The van der Waals surface area contributed by atoms with Gasteiger partial charge in [0.2, 0.25) is 10.0 Å². The van der Waals surface area contributed by atoms with Crippen molar-refractivity contribution in [2.24, 2.45) is 0 Å². The molecular weight excluding hydrogens is 346 g/mol. The Kier molecular flexibility index (Phi) is 4.32. The van der Waals surface area contributed by atoms with Crippen molar-refractivity contribution in [2.45, 2.75) is 23.0 Å². The lowest BCUT2D eigenvalue weighted by Gasteiger charge is -2.20. The van der Waals surface area contributed by atoms with E-state index in [9.17, 15) is 8.42 Å². The summed E-state index contributed by atoms with van der Waals surface area (Å²) in [6.07, 6.45) is 3.20. The predicted molar refractivity (Wildman–Crippen MR) is 92.9 cm³/mol. The molecule has 24 heavy (non-hydrogen) atoms. The van der Waals surface area contributed by atoms with Gasteiger partial charge in [-0.1, -0.05) is 0 Å². The second-order valence-corrected chi connectivity index (χ2v) is 9.18. The van der Waals surface area contributed by atoms with E-state index in [2.05, 4.69) is 0 Å². The number of nitrogens with zero attached hydrogens (tertiary/aromatic N) is 1. The Morgan fingerprint density at radius 2 is 2.12 bits per heavy atom. The van der Waals surface area contributed by atoms with E-state index in [1.54, 1.807) is 40.5 Å². The van der Waals surface area contributed by atoms with Gasteiger partial charge in [0.25, 0.3) is 0 Å². The number of ether oxygens (including phenoxy) is 1. The number of rotatable bonds is 3. The van der Waals surface area contributed by atoms with E-state index in [-0.39, 0.29) is 5.25 Å². The average molecular weight is 365 g/mol. The van der Waals surface area contributed by atoms with Crippen molar-refractivity contribution >= 4 is 21.8 Å². The molecule has 4 rings (SSSR count). The SMILES string of the molecule is O=S(=O)(c1ccc2c(c1)CCO2)N1CCS[C@@H](c2ccco2)CC1. The van der Waals surface area contributed by atoms with Crippen molar-refractivity contribution < 1.29 is 17.6 Å². The molecule has 5 nitrogen and oxygen atoms in total. The standard InChI is InChI=1S/C17H19NO4S2/c19-24(20,14-3-4-15-13(12-14)6-10-22-15)18-7-5-17(23-11-8-18)16-2-1-9-21-16/h1-4,9,12,17H,5-8,10-11H2/t17-/m1/s1. The zero-order valence-electron chi connectivity index (χ0n) is 13.2. The lowest BCUT2D eigenvalue weighted by Crippen LogP contribution is -2.33. The molecule has 1 atom stereocenters. The Morgan fingerprint density at radius 1 is 1.21 bits per heavy atom. The topological polar surface area (TPSA) is 59.8 Å². The normalized spacial score (nSPS) is 21.9. The van der Waals surface area contributed by atoms with E-state index in [0.29, 0.717) is 24.6 Å². The molecule has 2 aliphatic heterocycles. The van der Waals surface area contributed by atoms with Crippen LogP contribution in [0.4, 0.5) is 0 Å². The van der Waals surface area contributed by atoms with Crippen LogP contribution in [0.2, 0.25) is 0 Å². The molecular formula is C17H19NO4S2. The molecule has 0 radical (unpaired) electrons. The summed E-state index contributed by atoms with van der Waals surface area (Å²) >= 11 is 1.76. The second kappa shape index (κ2) is 6.46. The summed E-state index contributed by atoms with van der Waals surface area (Å²) in [4.78, 5) is 0.369. The van der Waals surface area contributed by atoms with Crippen molar-refractivity contribution in [1.29, 1.82) is 0 Å². The van der Waals surface area contributed by atoms with Crippen LogP contribution in [0, 0.1) is 0 Å². The van der Waals surface area contributed by atoms with Crippen LogP contribution in [-0.4, -0.2) is 38.2 Å². The summed E-state index contributed by atoms with van der Waals surface area (Å²) in [5.41, 5.74) is 0.980. The highest BCUT2D eigenvalue weighted by molar-refractivity contribution is 7.99. The predicted octanol–water partition coefficient (Wildman–Crippen LogP) is 3.08. The Balaban J connectivity index is 1.54. The van der Waals surface area contributed by atoms with Gasteiger partial charge in [0.15, 0.2) is 0 Å². The van der Waals surface area contributed by atoms with Crippen molar-refractivity contribution in [3.8, 4) is 5.75 Å². The zero-order valence-corrected chi connectivity index (χ0v) is 14.8. The molecule has 0 amide bonds. The van der Waals surface area contributed by atoms with Gasteiger partial charge in [-0.15, -0.1) is 11.8 Å². The fourth-order valence-corrected chi connectivity index (χ4v) is 5.97. The Hall–Kier alpha value is -1.44. The zero-order chi connectivity index (χ0) is 16.6. The van der Waals surface area contributed by atoms with Crippen molar-refractivity contribution in [3.63, 3.8) is 0 Å². The first-order chi connectivity index (χ1) is 11.6. The van der Waals surface area contributed by atoms with Crippen LogP contribution in [0.1, 0.15) is 23.0 Å². The van der Waals surface area contributed by atoms with E-state index in [4.69, 9.17) is 9.15 Å². The van der Waals surface area contributed by atoms with Gasteiger partial charge in [-0.2, -0.15) is 4.31 Å². The van der Waals surface area contributed by atoms with Crippen LogP contribution in [0.15, 0.2) is 45.9 Å². The molecule has 1 fully saturated rings. The summed E-state index contributed by atoms with van der Waals surface area (Å²) in [6, 6.07) is 9.03. The third-order valence-electron chi connectivity index (χ3n) is 4.46. The van der Waals surface area contributed by atoms with Gasteiger partial charge in [0.05, 0.1) is 23.0 Å². The maximum absolute atomic E-state index is 13.0. The smallest absolute Gasteiger partial charge is 0.243 e. The average Bonchev–Trinajstić information content (AvgIpc) is 3.21. The highest BCUT2D eigenvalue weighted by Crippen LogP contribution is 2.36. The molecule has 0 bridgehead atoms. The van der Waals surface area contributed by atoms with Crippen LogP contribution in [-0.2, 0) is 16.4 Å². The number of fused-ring (bicyclic) bond motifs is 1. The van der Waals surface area contributed by atoms with E-state index in [1.807, 2.05) is 12.1 Å². The van der Waals surface area contributed by atoms with Crippen molar-refractivity contribution in [3.05, 3.63) is 47.9 Å². The number of furan rings is 1. The number of benzene rings is 1. The van der Waals surface area contributed by atoms with Crippen LogP contribution in [0.5, 0.6) is 5.75 Å². The minimum Gasteiger partial charge on any atom is -0.493 e. The van der Waals surface area contributed by atoms with Gasteiger partial charge in [-0.05, 0) is 42.3 Å². The number of hydrogen-bond donors (Lipinski definition) is 0. The summed E-state index contributed by atoms with van der Waals surface area (Å²) in [5, 5.41) is 0.216. The van der Waals surface area contributed by atoms with Crippen LogP contribution in [0.25, 0.3) is 0 Å². The van der Waals surface area contributed by atoms with Gasteiger partial charge in [0, 0.05) is 25.3 Å². The summed E-state index contributed by atoms with van der Waals surface area (Å²) in [5.74, 6) is 2.49. The summed E-state index contributed by atoms with van der Waals surface area (Å²) in [7, 11) is -3.47. The van der Waals surface area contributed by atoms with Gasteiger partial charge < -0.3 is 9.15 Å². The number of hydrogen-bond acceptors (Lipinski definition) is 5. The molecule has 0 N–H and O–H groups in total. The largest absolute Gasteiger partial charge is 0.493 e. The molecule has 0 unspecified atom stereocenters. The first kappa shape index (κ1) is 16.1. The first-order valence-corrected chi connectivity index (χ1v) is 10.5. The minimum atomic E-state index is -3.47. The Labute approximate surface area is 146 Å². The Morgan fingerprint density at radius 3 is 2.96 bits per heavy atom. The van der Waals surface area contributed by atoms with E-state index >= 15 is 0 Å². The Bertz CT molecular complexity index is 817. The molecule has 1 saturated heterocycles. The van der Waals surface area contributed by atoms with Crippen LogP contribution < -0.4 is 4.74 Å². The lowest BCUT2D eigenvalue weighted by atomic mass is 10.2. The third kappa shape index (κ3) is 2.96. The second-order valence-electron chi connectivity index (χ2n) is 5.94. The van der Waals surface area contributed by atoms with E-state index < -0.39 is 10.0 Å². The molecule has 0 spiro atoms. The van der Waals surface area contributed by atoms with E-state index in [1.165, 1.54) is 0 Å². The van der Waals surface area contributed by atoms with Crippen LogP contribution in [0.3, 0.4) is 0 Å². The van der Waals surface area contributed by atoms with E-state index in [0.717, 1.165) is 35.7 Å². The van der Waals surface area contributed by atoms with Gasteiger partial charge >= 0.3 is 0 Å². The molecule has 1 aromatic carbocycles. The molecule has 7 heteroatoms. The maximum Gasteiger partial charge on any atom is 0.243 e. The first-order valence-electron chi connectivity index (χ1n) is 8.05. The number of thioether (sulfide) groups is 1. The molecule has 1 aromatic heterocycles. The molecule has 2 aromatic rings. The fraction of sp³-hybridized carbons (Fsp3) is 0.412. The highest BCUT2D eigenvalue weighted by atomic mass is 32.2. The maximum atomic E-state index is 13.0. The summed E-state index contributed by atoms with van der Waals surface area (Å²) in [6.45, 7) is 1.66. The quantitative estimate of drug-likeness (QED) is 0.837. The molecule has 128 valence electrons. The molecule has 2 aliphatic rings. The third-order valence-corrected chi connectivity index (χ3v) is 7.64. The van der Waals surface area contributed by atoms with Crippen molar-refractivity contribution in [2.75, 3.05) is 25.4 Å². The minimum absolute atomic E-state index is 0.216. The monoisotopic (exact) mass is 365 g/mol. The van der Waals surface area contributed by atoms with Crippen molar-refractivity contribution in [1.82, 2.24) is 4.31 Å². The summed E-state index contributed by atoms with van der Waals surface area (Å²) < 4.78 is 38.5. The molecule has 3 heterocycles. The highest BCUT2D eigenvalue weighted by Gasteiger charge is 2.30. The van der Waals surface area contributed by atoms with Crippen LogP contribution >= 0.6 is 11.8 Å². The van der Waals surface area contributed by atoms with Gasteiger partial charge in [-0.3, -0.25) is 0 Å². The molecule has 0 saturated carbocycles.